The molecule has 1 nitrogen and oxygen atoms in total. The Morgan fingerprint density at radius 1 is 1.31 bits per heavy atom. The molecule has 0 aliphatic carbocycles. The van der Waals surface area contributed by atoms with Gasteiger partial charge >= 0.3 is 0 Å². The SMILES string of the molecule is O=C(Cc1cccs1)c1cccc(Cl)c1F. The van der Waals surface area contributed by atoms with Gasteiger partial charge in [0.1, 0.15) is 0 Å². The van der Waals surface area contributed by atoms with Crippen LogP contribution in [0.3, 0.4) is 0 Å². The second kappa shape index (κ2) is 4.76. The molecule has 0 spiro atoms. The third-order valence-corrected chi connectivity index (χ3v) is 3.34. The molecule has 0 radical (unpaired) electrons. The first-order chi connectivity index (χ1) is 7.68. The van der Waals surface area contributed by atoms with Crippen molar-refractivity contribution in [2.75, 3.05) is 0 Å². The lowest BCUT2D eigenvalue weighted by Gasteiger charge is -2.02. The van der Waals surface area contributed by atoms with E-state index in [0.29, 0.717) is 0 Å². The fraction of sp³-hybridized carbons (Fsp3) is 0.0833. The second-order valence-electron chi connectivity index (χ2n) is 3.28. The van der Waals surface area contributed by atoms with Crippen LogP contribution in [0.25, 0.3) is 0 Å². The fourth-order valence-corrected chi connectivity index (χ4v) is 2.26. The van der Waals surface area contributed by atoms with Gasteiger partial charge in [-0.2, -0.15) is 0 Å². The minimum atomic E-state index is -0.634. The molecule has 0 aliphatic heterocycles. The summed E-state index contributed by atoms with van der Waals surface area (Å²) in [4.78, 5) is 12.7. The molecule has 0 bridgehead atoms. The van der Waals surface area contributed by atoms with E-state index >= 15 is 0 Å². The van der Waals surface area contributed by atoms with Crippen LogP contribution < -0.4 is 0 Å². The number of carbonyl (C=O) groups is 1. The molecule has 16 heavy (non-hydrogen) atoms. The minimum absolute atomic E-state index is 0.0166. The predicted molar refractivity (Wildman–Crippen MR) is 63.8 cm³/mol. The van der Waals surface area contributed by atoms with Gasteiger partial charge in [-0.3, -0.25) is 4.79 Å². The quantitative estimate of drug-likeness (QED) is 0.758. The van der Waals surface area contributed by atoms with Crippen LogP contribution in [0.15, 0.2) is 35.7 Å². The Hall–Kier alpha value is -1.19. The van der Waals surface area contributed by atoms with E-state index in [2.05, 4.69) is 0 Å². The zero-order chi connectivity index (χ0) is 11.5. The summed E-state index contributed by atoms with van der Waals surface area (Å²) in [6, 6.07) is 8.18. The number of rotatable bonds is 3. The van der Waals surface area contributed by atoms with Crippen LogP contribution in [0.1, 0.15) is 15.2 Å². The smallest absolute Gasteiger partial charge is 0.171 e. The molecule has 0 saturated carbocycles. The molecule has 1 aromatic carbocycles. The number of carbonyl (C=O) groups excluding carboxylic acids is 1. The maximum atomic E-state index is 13.5. The van der Waals surface area contributed by atoms with Gasteiger partial charge in [0.2, 0.25) is 0 Å². The lowest BCUT2D eigenvalue weighted by atomic mass is 10.1. The van der Waals surface area contributed by atoms with Crippen molar-refractivity contribution < 1.29 is 9.18 Å². The zero-order valence-corrected chi connectivity index (χ0v) is 9.82. The predicted octanol–water partition coefficient (Wildman–Crippen LogP) is 3.97. The van der Waals surface area contributed by atoms with Gasteiger partial charge in [0, 0.05) is 11.3 Å². The summed E-state index contributed by atoms with van der Waals surface area (Å²) in [5.74, 6) is -0.881. The Morgan fingerprint density at radius 3 is 2.81 bits per heavy atom. The van der Waals surface area contributed by atoms with Gasteiger partial charge in [-0.25, -0.2) is 4.39 Å². The maximum Gasteiger partial charge on any atom is 0.171 e. The van der Waals surface area contributed by atoms with E-state index in [9.17, 15) is 9.18 Å². The van der Waals surface area contributed by atoms with E-state index in [-0.39, 0.29) is 22.8 Å². The van der Waals surface area contributed by atoms with Crippen molar-refractivity contribution in [1.29, 1.82) is 0 Å². The molecule has 0 N–H and O–H groups in total. The Balaban J connectivity index is 2.24. The van der Waals surface area contributed by atoms with Crippen molar-refractivity contribution in [1.82, 2.24) is 0 Å². The van der Waals surface area contributed by atoms with Gasteiger partial charge in [-0.05, 0) is 23.6 Å². The molecule has 1 aromatic heterocycles. The Morgan fingerprint density at radius 2 is 2.12 bits per heavy atom. The Kier molecular flexibility index (Phi) is 3.36. The van der Waals surface area contributed by atoms with E-state index in [1.54, 1.807) is 6.07 Å². The van der Waals surface area contributed by atoms with Crippen molar-refractivity contribution in [3.8, 4) is 0 Å². The van der Waals surface area contributed by atoms with E-state index in [1.165, 1.54) is 23.5 Å². The highest BCUT2D eigenvalue weighted by molar-refractivity contribution is 7.10. The zero-order valence-electron chi connectivity index (χ0n) is 8.24. The molecule has 2 aromatic rings. The molecule has 0 amide bonds. The largest absolute Gasteiger partial charge is 0.294 e. The first kappa shape index (κ1) is 11.3. The number of hydrogen-bond acceptors (Lipinski definition) is 2. The average Bonchev–Trinajstić information content (AvgIpc) is 2.74. The van der Waals surface area contributed by atoms with Gasteiger partial charge in [0.15, 0.2) is 11.6 Å². The number of benzene rings is 1. The molecule has 0 unspecified atom stereocenters. The molecule has 4 heteroatoms. The van der Waals surface area contributed by atoms with E-state index in [0.717, 1.165) is 4.88 Å². The molecule has 0 fully saturated rings. The van der Waals surface area contributed by atoms with E-state index < -0.39 is 5.82 Å². The average molecular weight is 255 g/mol. The van der Waals surface area contributed by atoms with Gasteiger partial charge in [-0.1, -0.05) is 23.7 Å². The minimum Gasteiger partial charge on any atom is -0.294 e. The number of ketones is 1. The topological polar surface area (TPSA) is 17.1 Å². The van der Waals surface area contributed by atoms with Crippen molar-refractivity contribution >= 4 is 28.7 Å². The molecule has 2 rings (SSSR count). The summed E-state index contributed by atoms with van der Waals surface area (Å²) in [5.41, 5.74) is 0.0564. The van der Waals surface area contributed by atoms with Crippen LogP contribution in [0.5, 0.6) is 0 Å². The third kappa shape index (κ3) is 2.31. The normalized spacial score (nSPS) is 10.4. The highest BCUT2D eigenvalue weighted by Gasteiger charge is 2.14. The molecular weight excluding hydrogens is 247 g/mol. The van der Waals surface area contributed by atoms with Crippen LogP contribution >= 0.6 is 22.9 Å². The molecule has 0 aliphatic rings. The van der Waals surface area contributed by atoms with Crippen LogP contribution in [-0.2, 0) is 6.42 Å². The van der Waals surface area contributed by atoms with Crippen LogP contribution in [0.4, 0.5) is 4.39 Å². The van der Waals surface area contributed by atoms with Crippen molar-refractivity contribution in [3.63, 3.8) is 0 Å². The van der Waals surface area contributed by atoms with Crippen LogP contribution in [-0.4, -0.2) is 5.78 Å². The number of thiophene rings is 1. The van der Waals surface area contributed by atoms with Gasteiger partial charge in [-0.15, -0.1) is 11.3 Å². The number of halogens is 2. The van der Waals surface area contributed by atoms with Crippen molar-refractivity contribution in [2.45, 2.75) is 6.42 Å². The Bertz CT molecular complexity index is 508. The van der Waals surface area contributed by atoms with Gasteiger partial charge < -0.3 is 0 Å². The standard InChI is InChI=1S/C12H8ClFOS/c13-10-5-1-4-9(12(10)14)11(15)7-8-3-2-6-16-8/h1-6H,7H2. The molecule has 1 heterocycles. The Labute approximate surface area is 101 Å². The fourth-order valence-electron chi connectivity index (χ4n) is 1.39. The van der Waals surface area contributed by atoms with Crippen LogP contribution in [0, 0.1) is 5.82 Å². The second-order valence-corrected chi connectivity index (χ2v) is 4.72. The lowest BCUT2D eigenvalue weighted by Crippen LogP contribution is -2.05. The summed E-state index contributed by atoms with van der Waals surface area (Å²) in [5, 5.41) is 1.87. The molecular formula is C12H8ClFOS. The lowest BCUT2D eigenvalue weighted by molar-refractivity contribution is 0.0990. The monoisotopic (exact) mass is 254 g/mol. The molecule has 0 saturated heterocycles. The first-order valence-corrected chi connectivity index (χ1v) is 5.94. The summed E-state index contributed by atoms with van der Waals surface area (Å²) >= 11 is 7.09. The number of hydrogen-bond donors (Lipinski definition) is 0. The van der Waals surface area contributed by atoms with Crippen molar-refractivity contribution in [3.05, 3.63) is 57.0 Å². The van der Waals surface area contributed by atoms with Gasteiger partial charge in [0.25, 0.3) is 0 Å². The highest BCUT2D eigenvalue weighted by Crippen LogP contribution is 2.20. The first-order valence-electron chi connectivity index (χ1n) is 4.68. The highest BCUT2D eigenvalue weighted by atomic mass is 35.5. The van der Waals surface area contributed by atoms with Gasteiger partial charge in [0.05, 0.1) is 10.6 Å². The summed E-state index contributed by atoms with van der Waals surface area (Å²) in [6.45, 7) is 0. The van der Waals surface area contributed by atoms with Crippen LogP contribution in [0.2, 0.25) is 5.02 Å². The summed E-state index contributed by atoms with van der Waals surface area (Å²) in [6.07, 6.45) is 0.217. The number of Topliss-reactive ketones (excluding diaryl/α,β-unsaturated/α-hetero) is 1. The maximum absolute atomic E-state index is 13.5. The molecule has 0 atom stereocenters. The third-order valence-electron chi connectivity index (χ3n) is 2.17. The molecule has 82 valence electrons. The van der Waals surface area contributed by atoms with E-state index in [1.807, 2.05) is 17.5 Å². The summed E-state index contributed by atoms with van der Waals surface area (Å²) < 4.78 is 13.5. The van der Waals surface area contributed by atoms with Crippen molar-refractivity contribution in [2.24, 2.45) is 0 Å². The summed E-state index contributed by atoms with van der Waals surface area (Å²) in [7, 11) is 0. The van der Waals surface area contributed by atoms with E-state index in [4.69, 9.17) is 11.6 Å².